The molecule has 2 aromatic rings. The molecule has 8 heteroatoms. The predicted octanol–water partition coefficient (Wildman–Crippen LogP) is 4.25. The summed E-state index contributed by atoms with van der Waals surface area (Å²) < 4.78 is 0. The molecule has 8 nitrogen and oxygen atoms in total. The van der Waals surface area contributed by atoms with Crippen LogP contribution in [0.5, 0.6) is 5.75 Å². The highest BCUT2D eigenvalue weighted by molar-refractivity contribution is 5.96. The first-order valence-electron chi connectivity index (χ1n) is 11.8. The van der Waals surface area contributed by atoms with Gasteiger partial charge in [-0.25, -0.2) is 5.48 Å². The molecule has 34 heavy (non-hydrogen) atoms. The van der Waals surface area contributed by atoms with Gasteiger partial charge in [-0.05, 0) is 56.5 Å². The summed E-state index contributed by atoms with van der Waals surface area (Å²) in [5.41, 5.74) is 3.40. The first kappa shape index (κ1) is 26.9. The van der Waals surface area contributed by atoms with E-state index in [-0.39, 0.29) is 30.5 Å². The van der Waals surface area contributed by atoms with Crippen LogP contribution in [0.15, 0.2) is 48.5 Å². The first-order valence-corrected chi connectivity index (χ1v) is 11.8. The smallest absolute Gasteiger partial charge is 0.253 e. The highest BCUT2D eigenvalue weighted by Crippen LogP contribution is 2.29. The molecular formula is C26H35N3O5. The van der Waals surface area contributed by atoms with Crippen molar-refractivity contribution in [2.24, 2.45) is 0 Å². The molecule has 2 aromatic carbocycles. The fraction of sp³-hybridized carbons (Fsp3) is 0.423. The first-order chi connectivity index (χ1) is 16.4. The van der Waals surface area contributed by atoms with Gasteiger partial charge in [-0.1, -0.05) is 37.1 Å². The Kier molecular flexibility index (Phi) is 11.1. The zero-order valence-corrected chi connectivity index (χ0v) is 20.0. The van der Waals surface area contributed by atoms with Crippen LogP contribution < -0.4 is 10.4 Å². The number of amides is 3. The fourth-order valence-corrected chi connectivity index (χ4v) is 3.78. The molecule has 0 unspecified atom stereocenters. The molecule has 3 amide bonds. The molecule has 0 radical (unpaired) electrons. The number of hydroxylamine groups is 1. The number of aromatic hydroxyl groups is 1. The number of phenols is 1. The van der Waals surface area contributed by atoms with Gasteiger partial charge >= 0.3 is 0 Å². The number of benzene rings is 2. The summed E-state index contributed by atoms with van der Waals surface area (Å²) in [7, 11) is 0. The van der Waals surface area contributed by atoms with Gasteiger partial charge in [0.25, 0.3) is 5.91 Å². The van der Waals surface area contributed by atoms with Gasteiger partial charge in [-0.2, -0.15) is 0 Å². The Hall–Kier alpha value is -3.39. The second-order valence-corrected chi connectivity index (χ2v) is 8.10. The minimum absolute atomic E-state index is 0.0150. The highest BCUT2D eigenvalue weighted by Gasteiger charge is 2.20. The number of rotatable bonds is 13. The quantitative estimate of drug-likeness (QED) is 0.231. The molecule has 0 atom stereocenters. The molecule has 184 valence electrons. The van der Waals surface area contributed by atoms with Crippen molar-refractivity contribution in [2.45, 2.75) is 58.9 Å². The molecule has 3 N–H and O–H groups in total. The Morgan fingerprint density at radius 2 is 1.56 bits per heavy atom. The molecule has 0 aliphatic heterocycles. The van der Waals surface area contributed by atoms with Gasteiger partial charge in [0.2, 0.25) is 11.8 Å². The van der Waals surface area contributed by atoms with Crippen LogP contribution in [-0.2, 0) is 16.1 Å². The summed E-state index contributed by atoms with van der Waals surface area (Å²) in [5.74, 6) is -0.581. The number of hydrogen-bond donors (Lipinski definition) is 3. The molecule has 0 fully saturated rings. The van der Waals surface area contributed by atoms with Gasteiger partial charge in [0, 0.05) is 31.5 Å². The Morgan fingerprint density at radius 3 is 2.21 bits per heavy atom. The van der Waals surface area contributed by atoms with Gasteiger partial charge in [0.1, 0.15) is 5.75 Å². The third kappa shape index (κ3) is 7.88. The van der Waals surface area contributed by atoms with Crippen molar-refractivity contribution in [3.05, 3.63) is 59.7 Å². The highest BCUT2D eigenvalue weighted by atomic mass is 16.5. The van der Waals surface area contributed by atoms with E-state index in [0.29, 0.717) is 43.6 Å². The number of phenolic OH excluding ortho intramolecular Hbond substituents is 1. The maximum Gasteiger partial charge on any atom is 0.253 e. The number of anilines is 1. The molecule has 0 bridgehead atoms. The van der Waals surface area contributed by atoms with Gasteiger partial charge in [0.05, 0.1) is 12.2 Å². The number of carbonyl (C=O) groups is 3. The fourth-order valence-electron chi connectivity index (χ4n) is 3.78. The molecule has 0 heterocycles. The predicted molar refractivity (Wildman–Crippen MR) is 131 cm³/mol. The standard InChI is InChI=1S/C26H35N3O5/c1-3-28(4-2)26(33)21-13-11-12-20(18-21)19-29(22-14-9-10-15-23(22)30)25(32)17-8-6-5-7-16-24(31)27-34/h9-15,18,30,34H,3-8,16-17,19H2,1-2H3,(H,27,31). The van der Waals surface area contributed by atoms with Crippen molar-refractivity contribution in [2.75, 3.05) is 18.0 Å². The summed E-state index contributed by atoms with van der Waals surface area (Å²) in [6.07, 6.45) is 3.36. The lowest BCUT2D eigenvalue weighted by Crippen LogP contribution is -2.31. The second-order valence-electron chi connectivity index (χ2n) is 8.10. The average molecular weight is 470 g/mol. The van der Waals surface area contributed by atoms with E-state index in [1.54, 1.807) is 51.7 Å². The Bertz CT molecular complexity index is 959. The third-order valence-corrected chi connectivity index (χ3v) is 5.71. The van der Waals surface area contributed by atoms with Crippen LogP contribution in [0.25, 0.3) is 0 Å². The van der Waals surface area contributed by atoms with E-state index in [1.165, 1.54) is 0 Å². The van der Waals surface area contributed by atoms with Crippen molar-refractivity contribution in [3.63, 3.8) is 0 Å². The van der Waals surface area contributed by atoms with Gasteiger partial charge < -0.3 is 14.9 Å². The minimum Gasteiger partial charge on any atom is -0.506 e. The molecule has 0 saturated heterocycles. The number of nitrogens with zero attached hydrogens (tertiary/aromatic N) is 2. The van der Waals surface area contributed by atoms with E-state index in [1.807, 2.05) is 26.0 Å². The Labute approximate surface area is 201 Å². The molecule has 0 aliphatic carbocycles. The second kappa shape index (κ2) is 14.0. The maximum absolute atomic E-state index is 13.1. The molecule has 2 rings (SSSR count). The van der Waals surface area contributed by atoms with Gasteiger partial charge in [-0.3, -0.25) is 19.6 Å². The third-order valence-electron chi connectivity index (χ3n) is 5.71. The summed E-state index contributed by atoms with van der Waals surface area (Å²) in [6.45, 7) is 5.34. The topological polar surface area (TPSA) is 110 Å². The minimum atomic E-state index is -0.413. The zero-order chi connectivity index (χ0) is 24.9. The van der Waals surface area contributed by atoms with E-state index < -0.39 is 5.91 Å². The van der Waals surface area contributed by atoms with Crippen molar-refractivity contribution in [1.29, 1.82) is 0 Å². The van der Waals surface area contributed by atoms with Crippen molar-refractivity contribution in [3.8, 4) is 5.75 Å². The van der Waals surface area contributed by atoms with E-state index in [4.69, 9.17) is 5.21 Å². The molecule has 0 saturated carbocycles. The average Bonchev–Trinajstić information content (AvgIpc) is 2.85. The summed E-state index contributed by atoms with van der Waals surface area (Å²) in [4.78, 5) is 40.3. The number of nitrogens with one attached hydrogen (secondary N) is 1. The van der Waals surface area contributed by atoms with E-state index in [0.717, 1.165) is 18.4 Å². The van der Waals surface area contributed by atoms with E-state index >= 15 is 0 Å². The van der Waals surface area contributed by atoms with E-state index in [2.05, 4.69) is 0 Å². The monoisotopic (exact) mass is 469 g/mol. The molecular weight excluding hydrogens is 434 g/mol. The Balaban J connectivity index is 2.11. The van der Waals surface area contributed by atoms with Crippen LogP contribution >= 0.6 is 0 Å². The lowest BCUT2D eigenvalue weighted by molar-refractivity contribution is -0.129. The summed E-state index contributed by atoms with van der Waals surface area (Å²) >= 11 is 0. The SMILES string of the molecule is CCN(CC)C(=O)c1cccc(CN(C(=O)CCCCCCC(=O)NO)c2ccccc2O)c1. The lowest BCUT2D eigenvalue weighted by Gasteiger charge is -2.24. The van der Waals surface area contributed by atoms with E-state index in [9.17, 15) is 19.5 Å². The number of unbranched alkanes of at least 4 members (excludes halogenated alkanes) is 3. The van der Waals surface area contributed by atoms with Crippen LogP contribution in [-0.4, -0.2) is 46.0 Å². The number of para-hydroxylation sites is 2. The summed E-state index contributed by atoms with van der Waals surface area (Å²) in [5, 5.41) is 18.9. The van der Waals surface area contributed by atoms with Crippen LogP contribution in [0, 0.1) is 0 Å². The normalized spacial score (nSPS) is 10.6. The molecule has 0 aromatic heterocycles. The van der Waals surface area contributed by atoms with Gasteiger partial charge in [0.15, 0.2) is 0 Å². The van der Waals surface area contributed by atoms with Crippen LogP contribution in [0.4, 0.5) is 5.69 Å². The molecule has 0 aliphatic rings. The number of carbonyl (C=O) groups excluding carboxylic acids is 3. The lowest BCUT2D eigenvalue weighted by atomic mass is 10.1. The van der Waals surface area contributed by atoms with Crippen LogP contribution in [0.3, 0.4) is 0 Å². The van der Waals surface area contributed by atoms with Crippen molar-refractivity contribution >= 4 is 23.4 Å². The number of hydrogen-bond acceptors (Lipinski definition) is 5. The molecule has 0 spiro atoms. The van der Waals surface area contributed by atoms with Gasteiger partial charge in [-0.15, -0.1) is 0 Å². The Morgan fingerprint density at radius 1 is 0.882 bits per heavy atom. The largest absolute Gasteiger partial charge is 0.506 e. The maximum atomic E-state index is 13.1. The van der Waals surface area contributed by atoms with Crippen molar-refractivity contribution < 1.29 is 24.7 Å². The van der Waals surface area contributed by atoms with Crippen LogP contribution in [0.2, 0.25) is 0 Å². The summed E-state index contributed by atoms with van der Waals surface area (Å²) in [6, 6.07) is 14.0. The van der Waals surface area contributed by atoms with Crippen LogP contribution in [0.1, 0.15) is 68.3 Å². The van der Waals surface area contributed by atoms with Crippen molar-refractivity contribution in [1.82, 2.24) is 10.4 Å². The zero-order valence-electron chi connectivity index (χ0n) is 20.0.